The summed E-state index contributed by atoms with van der Waals surface area (Å²) >= 11 is 0. The van der Waals surface area contributed by atoms with Crippen molar-refractivity contribution in [1.82, 2.24) is 15.3 Å². The Labute approximate surface area is 181 Å². The topological polar surface area (TPSA) is 121 Å². The molecule has 3 rings (SSSR count). The van der Waals surface area contributed by atoms with Gasteiger partial charge in [0.2, 0.25) is 5.91 Å². The van der Waals surface area contributed by atoms with E-state index in [-0.39, 0.29) is 17.2 Å². The van der Waals surface area contributed by atoms with Crippen molar-refractivity contribution in [1.29, 1.82) is 0 Å². The highest BCUT2D eigenvalue weighted by molar-refractivity contribution is 5.81. The van der Waals surface area contributed by atoms with Gasteiger partial charge in [-0.2, -0.15) is 0 Å². The van der Waals surface area contributed by atoms with Crippen LogP contribution in [-0.2, 0) is 24.1 Å². The van der Waals surface area contributed by atoms with Gasteiger partial charge in [0.25, 0.3) is 5.56 Å². The van der Waals surface area contributed by atoms with Crippen molar-refractivity contribution in [3.8, 4) is 5.75 Å². The summed E-state index contributed by atoms with van der Waals surface area (Å²) in [5, 5.41) is 12.2. The number of carbonyl (C=O) groups excluding carboxylic acids is 1. The molecule has 1 amide bonds. The van der Waals surface area contributed by atoms with E-state index in [4.69, 9.17) is 5.73 Å². The van der Waals surface area contributed by atoms with Crippen molar-refractivity contribution in [2.75, 3.05) is 6.54 Å². The fraction of sp³-hybridized carbons (Fsp3) is 0.292. The molecule has 0 aliphatic carbocycles. The Morgan fingerprint density at radius 2 is 1.84 bits per heavy atom. The summed E-state index contributed by atoms with van der Waals surface area (Å²) in [6, 6.07) is 15.7. The fourth-order valence-corrected chi connectivity index (χ4v) is 3.36. The number of aromatic nitrogens is 2. The number of aromatic amines is 1. The van der Waals surface area contributed by atoms with E-state index < -0.39 is 6.04 Å². The van der Waals surface area contributed by atoms with Gasteiger partial charge in [-0.05, 0) is 49.4 Å². The number of hydrogen-bond donors (Lipinski definition) is 4. The second-order valence-electron chi connectivity index (χ2n) is 7.61. The molecule has 0 spiro atoms. The third kappa shape index (κ3) is 6.52. The van der Waals surface area contributed by atoms with Gasteiger partial charge in [0.15, 0.2) is 0 Å². The Hall–Kier alpha value is -3.45. The average molecular weight is 421 g/mol. The number of nitrogens with zero attached hydrogens (tertiary/aromatic N) is 1. The van der Waals surface area contributed by atoms with Crippen LogP contribution in [-0.4, -0.2) is 33.6 Å². The lowest BCUT2D eigenvalue weighted by molar-refractivity contribution is -0.122. The van der Waals surface area contributed by atoms with Crippen molar-refractivity contribution < 1.29 is 9.90 Å². The SMILES string of the molecule is Cc1nc(Cc2ccccc2)c(=O)[nH]c1CCCNC(=O)[C@@H](N)Cc1ccc(O)cc1. The summed E-state index contributed by atoms with van der Waals surface area (Å²) in [6.45, 7) is 2.33. The van der Waals surface area contributed by atoms with Crippen LogP contribution in [0.25, 0.3) is 0 Å². The van der Waals surface area contributed by atoms with E-state index in [1.807, 2.05) is 37.3 Å². The van der Waals surface area contributed by atoms with E-state index in [0.717, 1.165) is 22.5 Å². The molecule has 3 aromatic rings. The summed E-state index contributed by atoms with van der Waals surface area (Å²) < 4.78 is 0. The Bertz CT molecular complexity index is 1060. The molecule has 2 aromatic carbocycles. The maximum Gasteiger partial charge on any atom is 0.270 e. The second-order valence-corrected chi connectivity index (χ2v) is 7.61. The summed E-state index contributed by atoms with van der Waals surface area (Å²) in [4.78, 5) is 32.0. The lowest BCUT2D eigenvalue weighted by Gasteiger charge is -2.13. The molecule has 0 fully saturated rings. The number of benzene rings is 2. The fourth-order valence-electron chi connectivity index (χ4n) is 3.36. The molecule has 1 heterocycles. The van der Waals surface area contributed by atoms with Gasteiger partial charge in [0.05, 0.1) is 11.7 Å². The Morgan fingerprint density at radius 3 is 2.55 bits per heavy atom. The first kappa shape index (κ1) is 22.2. The molecule has 0 saturated heterocycles. The predicted molar refractivity (Wildman–Crippen MR) is 120 cm³/mol. The molecule has 31 heavy (non-hydrogen) atoms. The molecule has 0 aliphatic heterocycles. The number of hydrogen-bond acceptors (Lipinski definition) is 5. The van der Waals surface area contributed by atoms with Crippen molar-refractivity contribution >= 4 is 5.91 Å². The van der Waals surface area contributed by atoms with E-state index in [1.54, 1.807) is 24.3 Å². The van der Waals surface area contributed by atoms with Crippen molar-refractivity contribution in [2.24, 2.45) is 5.73 Å². The number of nitrogens with one attached hydrogen (secondary N) is 2. The van der Waals surface area contributed by atoms with Crippen LogP contribution in [0.15, 0.2) is 59.4 Å². The zero-order valence-electron chi connectivity index (χ0n) is 17.6. The van der Waals surface area contributed by atoms with Crippen LogP contribution in [0.5, 0.6) is 5.75 Å². The van der Waals surface area contributed by atoms with E-state index in [9.17, 15) is 14.7 Å². The predicted octanol–water partition coefficient (Wildman–Crippen LogP) is 1.99. The molecule has 0 bridgehead atoms. The lowest BCUT2D eigenvalue weighted by atomic mass is 10.1. The largest absolute Gasteiger partial charge is 0.508 e. The van der Waals surface area contributed by atoms with Crippen molar-refractivity contribution in [3.63, 3.8) is 0 Å². The molecule has 0 saturated carbocycles. The van der Waals surface area contributed by atoms with Gasteiger partial charge in [0, 0.05) is 18.7 Å². The van der Waals surface area contributed by atoms with E-state index in [2.05, 4.69) is 15.3 Å². The summed E-state index contributed by atoms with van der Waals surface area (Å²) in [7, 11) is 0. The summed E-state index contributed by atoms with van der Waals surface area (Å²) in [6.07, 6.45) is 2.15. The number of rotatable bonds is 9. The smallest absolute Gasteiger partial charge is 0.270 e. The highest BCUT2D eigenvalue weighted by atomic mass is 16.3. The summed E-state index contributed by atoms with van der Waals surface area (Å²) in [5.74, 6) is -0.0488. The van der Waals surface area contributed by atoms with Crippen molar-refractivity contribution in [3.05, 3.63) is 93.2 Å². The standard InChI is InChI=1S/C24H28N4O3/c1-16-21(28-24(31)22(27-16)15-17-6-3-2-4-7-17)8-5-13-26-23(30)20(25)14-18-9-11-19(29)12-10-18/h2-4,6-7,9-12,20,29H,5,8,13-15,25H2,1H3,(H,26,30)(H,28,31)/t20-/m0/s1. The Balaban J connectivity index is 1.47. The number of H-pyrrole nitrogens is 1. The molecule has 1 aromatic heterocycles. The van der Waals surface area contributed by atoms with Crippen LogP contribution in [0.1, 0.15) is 34.6 Å². The molecule has 1 atom stereocenters. The van der Waals surface area contributed by atoms with E-state index in [0.29, 0.717) is 37.9 Å². The zero-order valence-corrected chi connectivity index (χ0v) is 17.6. The van der Waals surface area contributed by atoms with Crippen molar-refractivity contribution in [2.45, 2.75) is 38.6 Å². The minimum Gasteiger partial charge on any atom is -0.508 e. The minimum atomic E-state index is -0.662. The second kappa shape index (κ2) is 10.5. The number of nitrogens with two attached hydrogens (primary N) is 1. The van der Waals surface area contributed by atoms with Crippen LogP contribution < -0.4 is 16.6 Å². The normalized spacial score (nSPS) is 11.8. The Morgan fingerprint density at radius 1 is 1.13 bits per heavy atom. The maximum absolute atomic E-state index is 12.4. The Kier molecular flexibility index (Phi) is 7.56. The summed E-state index contributed by atoms with van der Waals surface area (Å²) in [5.41, 5.74) is 9.80. The van der Waals surface area contributed by atoms with Crippen LogP contribution in [0.4, 0.5) is 0 Å². The third-order valence-electron chi connectivity index (χ3n) is 5.11. The molecular formula is C24H28N4O3. The maximum atomic E-state index is 12.4. The third-order valence-corrected chi connectivity index (χ3v) is 5.11. The van der Waals surface area contributed by atoms with Gasteiger partial charge in [-0.15, -0.1) is 0 Å². The van der Waals surface area contributed by atoms with Crippen LogP contribution in [0, 0.1) is 6.92 Å². The van der Waals surface area contributed by atoms with Gasteiger partial charge in [-0.25, -0.2) is 0 Å². The molecule has 162 valence electrons. The molecule has 5 N–H and O–H groups in total. The number of aromatic hydroxyl groups is 1. The molecule has 0 unspecified atom stereocenters. The van der Waals surface area contributed by atoms with Gasteiger partial charge < -0.3 is 21.1 Å². The number of amides is 1. The number of phenols is 1. The molecule has 0 aliphatic rings. The number of aryl methyl sites for hydroxylation is 2. The van der Waals surface area contributed by atoms with Gasteiger partial charge in [0.1, 0.15) is 11.4 Å². The number of carbonyl (C=O) groups is 1. The van der Waals surface area contributed by atoms with Gasteiger partial charge in [-0.1, -0.05) is 42.5 Å². The monoisotopic (exact) mass is 420 g/mol. The lowest BCUT2D eigenvalue weighted by Crippen LogP contribution is -2.42. The van der Waals surface area contributed by atoms with Crippen LogP contribution >= 0.6 is 0 Å². The average Bonchev–Trinajstić information content (AvgIpc) is 2.76. The van der Waals surface area contributed by atoms with Crippen LogP contribution in [0.2, 0.25) is 0 Å². The first-order chi connectivity index (χ1) is 14.9. The molecule has 0 radical (unpaired) electrons. The molecule has 7 nitrogen and oxygen atoms in total. The van der Waals surface area contributed by atoms with E-state index >= 15 is 0 Å². The molecular weight excluding hydrogens is 392 g/mol. The van der Waals surface area contributed by atoms with E-state index in [1.165, 1.54) is 0 Å². The zero-order chi connectivity index (χ0) is 22.2. The quantitative estimate of drug-likeness (QED) is 0.395. The molecule has 7 heteroatoms. The van der Waals surface area contributed by atoms with Gasteiger partial charge in [-0.3, -0.25) is 14.6 Å². The first-order valence-electron chi connectivity index (χ1n) is 10.4. The minimum absolute atomic E-state index is 0.176. The van der Waals surface area contributed by atoms with Crippen LogP contribution in [0.3, 0.4) is 0 Å². The highest BCUT2D eigenvalue weighted by Crippen LogP contribution is 2.11. The number of phenolic OH excluding ortho intramolecular Hbond substituents is 1. The first-order valence-corrected chi connectivity index (χ1v) is 10.4. The highest BCUT2D eigenvalue weighted by Gasteiger charge is 2.14. The van der Waals surface area contributed by atoms with Gasteiger partial charge >= 0.3 is 0 Å².